The summed E-state index contributed by atoms with van der Waals surface area (Å²) >= 11 is 1.94. The Bertz CT molecular complexity index is 1170. The highest BCUT2D eigenvalue weighted by atomic mass is 32.2. The summed E-state index contributed by atoms with van der Waals surface area (Å²) in [5.41, 5.74) is 1.39. The Labute approximate surface area is 254 Å². The normalized spacial score (nSPS) is 37.8. The summed E-state index contributed by atoms with van der Waals surface area (Å²) < 4.78 is 6.99. The van der Waals surface area contributed by atoms with Gasteiger partial charge < -0.3 is 19.9 Å². The van der Waals surface area contributed by atoms with Gasteiger partial charge in [0.2, 0.25) is 0 Å². The van der Waals surface area contributed by atoms with Crippen molar-refractivity contribution in [2.75, 3.05) is 25.9 Å². The third-order valence-corrected chi connectivity index (χ3v) is 12.6. The van der Waals surface area contributed by atoms with E-state index in [0.29, 0.717) is 23.4 Å². The number of morpholine rings is 1. The summed E-state index contributed by atoms with van der Waals surface area (Å²) in [7, 11) is 2.17. The Kier molecular flexibility index (Phi) is 8.61. The van der Waals surface area contributed by atoms with Crippen LogP contribution in [0.15, 0.2) is 30.4 Å². The Balaban J connectivity index is 1.09. The number of thioether (sulfide) groups is 1. The lowest BCUT2D eigenvalue weighted by molar-refractivity contribution is -0.192. The van der Waals surface area contributed by atoms with E-state index in [1.54, 1.807) is 12.4 Å². The van der Waals surface area contributed by atoms with Gasteiger partial charge in [-0.25, -0.2) is 0 Å². The van der Waals surface area contributed by atoms with Crippen LogP contribution in [0, 0.1) is 17.8 Å². The van der Waals surface area contributed by atoms with Crippen LogP contribution in [0.5, 0.6) is 0 Å². The fraction of sp³-hybridized carbons (Fsp3) is 0.758. The number of ketones is 1. The van der Waals surface area contributed by atoms with Crippen molar-refractivity contribution in [3.05, 3.63) is 36.1 Å². The summed E-state index contributed by atoms with van der Waals surface area (Å²) in [5, 5.41) is 3.48. The third kappa shape index (κ3) is 5.77. The zero-order valence-electron chi connectivity index (χ0n) is 25.0. The van der Waals surface area contributed by atoms with E-state index in [-0.39, 0.29) is 41.9 Å². The molecule has 1 amide bonds. The lowest BCUT2D eigenvalue weighted by Crippen LogP contribution is -2.68. The van der Waals surface area contributed by atoms with Gasteiger partial charge in [-0.3, -0.25) is 19.6 Å². The molecule has 0 aromatic carbocycles. The second kappa shape index (κ2) is 12.6. The number of fused-ring (bicyclic) bond motifs is 3. The summed E-state index contributed by atoms with van der Waals surface area (Å²) in [6.45, 7) is 1.75. The minimum atomic E-state index is -0.186. The van der Waals surface area contributed by atoms with Gasteiger partial charge in [-0.05, 0) is 76.1 Å². The molecule has 0 radical (unpaired) electrons. The minimum Gasteiger partial charge on any atom is -0.371 e. The number of aryl methyl sites for hydroxylation is 1. The van der Waals surface area contributed by atoms with Crippen molar-refractivity contribution < 1.29 is 14.3 Å². The molecule has 1 aromatic heterocycles. The fourth-order valence-electron chi connectivity index (χ4n) is 9.18. The number of nitrogens with zero attached hydrogens (tertiary/aromatic N) is 4. The molecule has 3 saturated carbocycles. The maximum Gasteiger partial charge on any atom is 0.256 e. The van der Waals surface area contributed by atoms with E-state index in [1.807, 2.05) is 24.2 Å². The van der Waals surface area contributed by atoms with Crippen LogP contribution in [0.3, 0.4) is 0 Å². The predicted octanol–water partition coefficient (Wildman–Crippen LogP) is 4.00. The van der Waals surface area contributed by atoms with Gasteiger partial charge in [-0.2, -0.15) is 11.8 Å². The van der Waals surface area contributed by atoms with Gasteiger partial charge >= 0.3 is 0 Å². The van der Waals surface area contributed by atoms with Crippen molar-refractivity contribution in [3.8, 4) is 0 Å². The van der Waals surface area contributed by atoms with Gasteiger partial charge in [0.1, 0.15) is 0 Å². The molecule has 42 heavy (non-hydrogen) atoms. The molecule has 2 saturated heterocycles. The molecule has 9 atom stereocenters. The summed E-state index contributed by atoms with van der Waals surface area (Å²) in [5.74, 6) is 2.12. The highest BCUT2D eigenvalue weighted by Crippen LogP contribution is 2.50. The van der Waals surface area contributed by atoms with Crippen molar-refractivity contribution in [2.24, 2.45) is 17.8 Å². The highest BCUT2D eigenvalue weighted by Gasteiger charge is 2.56. The lowest BCUT2D eigenvalue weighted by Gasteiger charge is -2.59. The smallest absolute Gasteiger partial charge is 0.256 e. The van der Waals surface area contributed by atoms with E-state index in [4.69, 9.17) is 4.74 Å². The summed E-state index contributed by atoms with van der Waals surface area (Å²) in [6, 6.07) is 0.853. The van der Waals surface area contributed by atoms with Crippen LogP contribution in [0.25, 0.3) is 0 Å². The maximum absolute atomic E-state index is 14.1. The van der Waals surface area contributed by atoms with Gasteiger partial charge in [0.05, 0.1) is 35.6 Å². The van der Waals surface area contributed by atoms with Crippen molar-refractivity contribution in [1.82, 2.24) is 25.1 Å². The second-order valence-electron chi connectivity index (χ2n) is 13.7. The van der Waals surface area contributed by atoms with Crippen LogP contribution in [0.1, 0.15) is 76.3 Å². The Morgan fingerprint density at radius 3 is 2.71 bits per heavy atom. The van der Waals surface area contributed by atoms with Gasteiger partial charge in [0.25, 0.3) is 5.91 Å². The highest BCUT2D eigenvalue weighted by molar-refractivity contribution is 7.99. The third-order valence-electron chi connectivity index (χ3n) is 11.3. The number of hydrogen-bond acceptors (Lipinski definition) is 8. The first kappa shape index (κ1) is 28.8. The average Bonchev–Trinajstić information content (AvgIpc) is 3.42. The monoisotopic (exact) mass is 593 g/mol. The molecule has 8 nitrogen and oxygen atoms in total. The van der Waals surface area contributed by atoms with E-state index in [9.17, 15) is 9.59 Å². The zero-order chi connectivity index (χ0) is 28.6. The van der Waals surface area contributed by atoms with Crippen molar-refractivity contribution in [1.29, 1.82) is 0 Å². The van der Waals surface area contributed by atoms with E-state index < -0.39 is 0 Å². The summed E-state index contributed by atoms with van der Waals surface area (Å²) in [6.07, 6.45) is 21.1. The number of carbonyl (C=O) groups excluding carboxylic acids is 2. The van der Waals surface area contributed by atoms with Crippen LogP contribution < -0.4 is 5.32 Å². The molecule has 1 aromatic rings. The molecule has 7 rings (SSSR count). The van der Waals surface area contributed by atoms with Crippen molar-refractivity contribution in [3.63, 3.8) is 0 Å². The van der Waals surface area contributed by atoms with Crippen LogP contribution in [-0.4, -0.2) is 92.9 Å². The SMILES string of the molecule is CN1CCCC1CCNC(=O)C1=CN2C3CC4CCCCC4CC3OC3CC(SCCc4cnccn4)CC(C1=O)C32. The Morgan fingerprint density at radius 2 is 1.93 bits per heavy atom. The zero-order valence-corrected chi connectivity index (χ0v) is 25.9. The molecule has 3 aliphatic heterocycles. The fourth-order valence-corrected chi connectivity index (χ4v) is 10.5. The largest absolute Gasteiger partial charge is 0.371 e. The molecule has 5 fully saturated rings. The molecule has 6 aliphatic rings. The van der Waals surface area contributed by atoms with Gasteiger partial charge in [-0.1, -0.05) is 25.7 Å². The number of likely N-dealkylation sites (tertiary alicyclic amines) is 1. The van der Waals surface area contributed by atoms with E-state index >= 15 is 0 Å². The first-order valence-corrected chi connectivity index (χ1v) is 17.6. The van der Waals surface area contributed by atoms with Crippen LogP contribution in [0.2, 0.25) is 0 Å². The number of carbonyl (C=O) groups is 2. The maximum atomic E-state index is 14.1. The standard InChI is InChI=1S/C33H47N5O3S/c1-37-13-4-7-24(37)8-10-36-33(40)27-20-38-28-15-21-5-2-3-6-22(21)16-29(28)41-30-18-25(17-26(31(30)38)32(27)39)42-14-9-23-19-34-11-12-35-23/h11-12,19-22,24-26,28-31H,2-10,13-18H2,1H3,(H,36,40). The number of ether oxygens (including phenoxy) is 1. The molecule has 0 spiro atoms. The molecule has 228 valence electrons. The quantitative estimate of drug-likeness (QED) is 0.453. The van der Waals surface area contributed by atoms with Crippen LogP contribution in [0.4, 0.5) is 0 Å². The molecule has 1 N–H and O–H groups in total. The number of nitrogens with one attached hydrogen (secondary N) is 1. The first-order valence-electron chi connectivity index (χ1n) is 16.6. The molecule has 0 bridgehead atoms. The minimum absolute atomic E-state index is 0.0318. The van der Waals surface area contributed by atoms with Gasteiger partial charge in [0.15, 0.2) is 5.78 Å². The van der Waals surface area contributed by atoms with Crippen molar-refractivity contribution in [2.45, 2.75) is 113 Å². The number of amides is 1. The Hall–Kier alpha value is -1.97. The molecule has 4 heterocycles. The lowest BCUT2D eigenvalue weighted by atomic mass is 9.65. The van der Waals surface area contributed by atoms with E-state index in [1.165, 1.54) is 38.5 Å². The van der Waals surface area contributed by atoms with E-state index in [0.717, 1.165) is 68.4 Å². The van der Waals surface area contributed by atoms with Gasteiger partial charge in [0, 0.05) is 55.0 Å². The van der Waals surface area contributed by atoms with E-state index in [2.05, 4.69) is 32.1 Å². The Morgan fingerprint density at radius 1 is 1.07 bits per heavy atom. The molecule has 9 unspecified atom stereocenters. The predicted molar refractivity (Wildman–Crippen MR) is 164 cm³/mol. The molecule has 9 heteroatoms. The molecular weight excluding hydrogens is 546 g/mol. The van der Waals surface area contributed by atoms with Crippen molar-refractivity contribution >= 4 is 23.5 Å². The number of rotatable bonds is 8. The number of hydrogen-bond donors (Lipinski definition) is 1. The second-order valence-corrected chi connectivity index (χ2v) is 15.1. The first-order chi connectivity index (χ1) is 20.5. The number of aromatic nitrogens is 2. The summed E-state index contributed by atoms with van der Waals surface area (Å²) in [4.78, 5) is 41.2. The molecular formula is C33H47N5O3S. The van der Waals surface area contributed by atoms with Crippen LogP contribution >= 0.6 is 11.8 Å². The van der Waals surface area contributed by atoms with Crippen LogP contribution in [-0.2, 0) is 20.7 Å². The average molecular weight is 594 g/mol. The van der Waals surface area contributed by atoms with Gasteiger partial charge in [-0.15, -0.1) is 0 Å². The number of Topliss-reactive ketones (excluding diaryl/α,β-unsaturated/α-hetero) is 1. The topological polar surface area (TPSA) is 87.7 Å². The molecule has 3 aliphatic carbocycles.